The molecular formula is C15H24N6O4. The monoisotopic (exact) mass is 352 g/mol. The Balaban J connectivity index is 2.01. The van der Waals surface area contributed by atoms with Gasteiger partial charge in [0.1, 0.15) is 5.82 Å². The minimum absolute atomic E-state index is 0.0316. The molecule has 1 aromatic heterocycles. The summed E-state index contributed by atoms with van der Waals surface area (Å²) >= 11 is 0. The van der Waals surface area contributed by atoms with Gasteiger partial charge in [0.25, 0.3) is 0 Å². The van der Waals surface area contributed by atoms with Crippen LogP contribution in [0, 0.1) is 6.92 Å². The molecule has 2 heterocycles. The van der Waals surface area contributed by atoms with Crippen LogP contribution in [0.2, 0.25) is 0 Å². The van der Waals surface area contributed by atoms with E-state index in [9.17, 15) is 14.4 Å². The van der Waals surface area contributed by atoms with Gasteiger partial charge in [-0.1, -0.05) is 0 Å². The van der Waals surface area contributed by atoms with E-state index in [2.05, 4.69) is 26.4 Å². The van der Waals surface area contributed by atoms with Gasteiger partial charge in [-0.25, -0.2) is 4.68 Å². The summed E-state index contributed by atoms with van der Waals surface area (Å²) in [5.74, 6) is -1.33. The summed E-state index contributed by atoms with van der Waals surface area (Å²) in [6.07, 6.45) is 0.384. The van der Waals surface area contributed by atoms with Gasteiger partial charge in [0.15, 0.2) is 6.29 Å². The van der Waals surface area contributed by atoms with Crippen molar-refractivity contribution in [2.45, 2.75) is 39.0 Å². The quantitative estimate of drug-likeness (QED) is 0.394. The van der Waals surface area contributed by atoms with Crippen molar-refractivity contribution in [1.29, 1.82) is 0 Å². The Morgan fingerprint density at radius 2 is 2.20 bits per heavy atom. The number of hydrogen-bond acceptors (Lipinski definition) is 6. The molecule has 0 radical (unpaired) electrons. The maximum atomic E-state index is 12.0. The largest absolute Gasteiger partial charge is 0.385 e. The Morgan fingerprint density at radius 1 is 1.44 bits per heavy atom. The highest BCUT2D eigenvalue weighted by molar-refractivity contribution is 6.39. The molecule has 0 bridgehead atoms. The second kappa shape index (κ2) is 8.58. The third-order valence-electron chi connectivity index (χ3n) is 3.59. The van der Waals surface area contributed by atoms with Crippen LogP contribution in [0.1, 0.15) is 31.7 Å². The second-order valence-electron chi connectivity index (χ2n) is 5.91. The summed E-state index contributed by atoms with van der Waals surface area (Å²) in [6, 6.07) is 1.60. The summed E-state index contributed by atoms with van der Waals surface area (Å²) in [5, 5.41) is 15.2. The lowest BCUT2D eigenvalue weighted by Crippen LogP contribution is -2.52. The molecular weight excluding hydrogens is 328 g/mol. The van der Waals surface area contributed by atoms with E-state index in [1.54, 1.807) is 20.1 Å². The van der Waals surface area contributed by atoms with Crippen molar-refractivity contribution in [3.63, 3.8) is 0 Å². The molecule has 1 aromatic rings. The zero-order chi connectivity index (χ0) is 18.4. The van der Waals surface area contributed by atoms with Gasteiger partial charge in [-0.05, 0) is 20.3 Å². The van der Waals surface area contributed by atoms with Crippen LogP contribution in [-0.4, -0.2) is 53.8 Å². The Bertz CT molecular complexity index is 644. The third kappa shape index (κ3) is 5.26. The molecule has 0 aromatic carbocycles. The van der Waals surface area contributed by atoms with Crippen LogP contribution in [-0.2, 0) is 19.1 Å². The smallest absolute Gasteiger partial charge is 0.314 e. The van der Waals surface area contributed by atoms with Crippen molar-refractivity contribution < 1.29 is 19.1 Å². The zero-order valence-electron chi connectivity index (χ0n) is 14.6. The first-order valence-electron chi connectivity index (χ1n) is 8.10. The highest BCUT2D eigenvalue weighted by Crippen LogP contribution is 2.17. The molecule has 25 heavy (non-hydrogen) atoms. The Morgan fingerprint density at radius 3 is 2.88 bits per heavy atom. The van der Waals surface area contributed by atoms with Crippen molar-refractivity contribution >= 4 is 23.5 Å². The first-order valence-corrected chi connectivity index (χ1v) is 8.10. The van der Waals surface area contributed by atoms with E-state index in [4.69, 9.17) is 4.74 Å². The number of aryl methyl sites for hydroxylation is 1. The Labute approximate surface area is 145 Å². The fourth-order valence-electron chi connectivity index (χ4n) is 2.47. The first kappa shape index (κ1) is 18.9. The van der Waals surface area contributed by atoms with Gasteiger partial charge < -0.3 is 20.7 Å². The lowest BCUT2D eigenvalue weighted by Gasteiger charge is -2.30. The SMILES string of the molecule is COCCCNC(=O)C(=O)Nc1cc(C)nn1C1NC(=O)CC(C)N1. The zero-order valence-corrected chi connectivity index (χ0v) is 14.6. The molecule has 4 N–H and O–H groups in total. The number of carbonyl (C=O) groups is 3. The second-order valence-corrected chi connectivity index (χ2v) is 5.91. The van der Waals surface area contributed by atoms with Crippen molar-refractivity contribution in [2.75, 3.05) is 25.6 Å². The lowest BCUT2D eigenvalue weighted by atomic mass is 10.2. The molecule has 2 unspecified atom stereocenters. The molecule has 10 nitrogen and oxygen atoms in total. The van der Waals surface area contributed by atoms with Gasteiger partial charge in [-0.15, -0.1) is 0 Å². The fourth-order valence-corrected chi connectivity index (χ4v) is 2.47. The fraction of sp³-hybridized carbons (Fsp3) is 0.600. The molecule has 1 aliphatic heterocycles. The Kier molecular flexibility index (Phi) is 6.48. The maximum absolute atomic E-state index is 12.0. The van der Waals surface area contributed by atoms with E-state index >= 15 is 0 Å². The molecule has 138 valence electrons. The number of amides is 3. The molecule has 10 heteroatoms. The van der Waals surface area contributed by atoms with Crippen molar-refractivity contribution in [3.8, 4) is 0 Å². The van der Waals surface area contributed by atoms with Gasteiger partial charge >= 0.3 is 11.8 Å². The van der Waals surface area contributed by atoms with Crippen molar-refractivity contribution in [2.24, 2.45) is 0 Å². The van der Waals surface area contributed by atoms with Crippen LogP contribution >= 0.6 is 0 Å². The van der Waals surface area contributed by atoms with E-state index in [1.807, 2.05) is 6.92 Å². The molecule has 0 spiro atoms. The lowest BCUT2D eigenvalue weighted by molar-refractivity contribution is -0.136. The number of nitrogens with zero attached hydrogens (tertiary/aromatic N) is 2. The average molecular weight is 352 g/mol. The predicted octanol–water partition coefficient (Wildman–Crippen LogP) is -0.763. The molecule has 1 saturated heterocycles. The first-order chi connectivity index (χ1) is 11.9. The normalized spacial score (nSPS) is 20.0. The Hall–Kier alpha value is -2.46. The van der Waals surface area contributed by atoms with Crippen LogP contribution in [0.3, 0.4) is 0 Å². The average Bonchev–Trinajstić information content (AvgIpc) is 2.91. The molecule has 2 rings (SSSR count). The van der Waals surface area contributed by atoms with Crippen LogP contribution in [0.5, 0.6) is 0 Å². The summed E-state index contributed by atoms with van der Waals surface area (Å²) in [6.45, 7) is 4.48. The number of aromatic nitrogens is 2. The molecule has 1 aliphatic rings. The molecule has 0 aliphatic carbocycles. The number of ether oxygens (including phenoxy) is 1. The topological polar surface area (TPSA) is 126 Å². The highest BCUT2D eigenvalue weighted by atomic mass is 16.5. The predicted molar refractivity (Wildman–Crippen MR) is 89.5 cm³/mol. The third-order valence-corrected chi connectivity index (χ3v) is 3.59. The molecule has 3 amide bonds. The van der Waals surface area contributed by atoms with E-state index in [0.29, 0.717) is 37.5 Å². The van der Waals surface area contributed by atoms with Crippen LogP contribution in [0.4, 0.5) is 5.82 Å². The van der Waals surface area contributed by atoms with Crippen molar-refractivity contribution in [3.05, 3.63) is 11.8 Å². The number of hydrogen-bond donors (Lipinski definition) is 4. The maximum Gasteiger partial charge on any atom is 0.314 e. The van der Waals surface area contributed by atoms with E-state index in [1.165, 1.54) is 4.68 Å². The molecule has 2 atom stereocenters. The molecule has 0 saturated carbocycles. The standard InChI is InChI=1S/C15H24N6O4/c1-9-8-12(22)19-15(17-9)21-11(7-10(2)20-21)18-14(24)13(23)16-5-4-6-25-3/h7,9,15,17H,4-6,8H2,1-3H3,(H,16,23)(H,18,24)(H,19,22). The van der Waals surface area contributed by atoms with Gasteiger partial charge in [-0.2, -0.15) is 5.10 Å². The minimum Gasteiger partial charge on any atom is -0.385 e. The number of anilines is 1. The van der Waals surface area contributed by atoms with Crippen molar-refractivity contribution in [1.82, 2.24) is 25.7 Å². The van der Waals surface area contributed by atoms with Crippen LogP contribution < -0.4 is 21.3 Å². The van der Waals surface area contributed by atoms with Gasteiger partial charge in [0.05, 0.1) is 5.69 Å². The minimum atomic E-state index is -0.797. The number of methoxy groups -OCH3 is 1. The summed E-state index contributed by atoms with van der Waals surface area (Å²) < 4.78 is 6.32. The number of rotatable bonds is 6. The van der Waals surface area contributed by atoms with Crippen LogP contribution in [0.25, 0.3) is 0 Å². The highest BCUT2D eigenvalue weighted by Gasteiger charge is 2.27. The van der Waals surface area contributed by atoms with Gasteiger partial charge in [0.2, 0.25) is 5.91 Å². The summed E-state index contributed by atoms with van der Waals surface area (Å²) in [4.78, 5) is 35.6. The van der Waals surface area contributed by atoms with E-state index in [-0.39, 0.29) is 11.9 Å². The number of nitrogens with one attached hydrogen (secondary N) is 4. The summed E-state index contributed by atoms with van der Waals surface area (Å²) in [7, 11) is 1.57. The van der Waals surface area contributed by atoms with Crippen LogP contribution in [0.15, 0.2) is 6.07 Å². The van der Waals surface area contributed by atoms with E-state index in [0.717, 1.165) is 0 Å². The van der Waals surface area contributed by atoms with Gasteiger partial charge in [-0.3, -0.25) is 19.7 Å². The molecule has 1 fully saturated rings. The van der Waals surface area contributed by atoms with E-state index < -0.39 is 18.1 Å². The van der Waals surface area contributed by atoms with Gasteiger partial charge in [0, 0.05) is 38.8 Å². The summed E-state index contributed by atoms with van der Waals surface area (Å²) in [5.41, 5.74) is 0.644. The number of carbonyl (C=O) groups excluding carboxylic acids is 3.